The summed E-state index contributed by atoms with van der Waals surface area (Å²) in [5.74, 6) is -5.72. The highest BCUT2D eigenvalue weighted by atomic mass is 19.4. The van der Waals surface area contributed by atoms with E-state index in [1.54, 1.807) is 30.1 Å². The number of rotatable bonds is 5. The first-order valence-corrected chi connectivity index (χ1v) is 10.1. The number of imidazole rings is 1. The molecular weight excluding hydrogens is 532 g/mol. The minimum Gasteiger partial charge on any atom is -0.542 e. The molecule has 17 heteroatoms. The number of H-pyrrole nitrogens is 1. The number of hydrogen-bond donors (Lipinski definition) is 3. The Kier molecular flexibility index (Phi) is 11.2. The van der Waals surface area contributed by atoms with E-state index >= 15 is 0 Å². The van der Waals surface area contributed by atoms with Crippen LogP contribution in [0.4, 0.5) is 32.0 Å². The summed E-state index contributed by atoms with van der Waals surface area (Å²) in [5.41, 5.74) is 4.59. The number of ether oxygens (including phenoxy) is 1. The van der Waals surface area contributed by atoms with Crippen LogP contribution in [0.25, 0.3) is 10.9 Å². The molecule has 0 aliphatic heterocycles. The molecule has 0 radical (unpaired) electrons. The maximum absolute atomic E-state index is 12.2. The van der Waals surface area contributed by atoms with E-state index in [1.165, 1.54) is 0 Å². The number of hydrogen-bond acceptors (Lipinski definition) is 8. The molecule has 0 saturated carbocycles. The number of pyridine rings is 1. The summed E-state index contributed by atoms with van der Waals surface area (Å²) in [6, 6.07) is 9.57. The van der Waals surface area contributed by atoms with Gasteiger partial charge in [-0.3, -0.25) is 10.4 Å². The predicted octanol–water partition coefficient (Wildman–Crippen LogP) is 1.70. The van der Waals surface area contributed by atoms with Gasteiger partial charge in [0.25, 0.3) is 5.71 Å². The molecule has 0 atom stereocenters. The first-order valence-electron chi connectivity index (χ1n) is 10.1. The second-order valence-corrected chi connectivity index (χ2v) is 6.68. The molecule has 0 saturated heterocycles. The highest BCUT2D eigenvalue weighted by Crippen LogP contribution is 2.20. The number of nitrogens with one attached hydrogen (secondary N) is 2. The van der Waals surface area contributed by atoms with Crippen molar-refractivity contribution in [2.24, 2.45) is 12.1 Å². The number of aromatic amines is 1. The highest BCUT2D eigenvalue weighted by Gasteiger charge is 2.38. The first-order chi connectivity index (χ1) is 17.6. The van der Waals surface area contributed by atoms with E-state index in [0.717, 1.165) is 10.9 Å². The molecule has 11 nitrogen and oxygen atoms in total. The fourth-order valence-corrected chi connectivity index (χ4v) is 2.35. The fraction of sp³-hybridized carbons (Fsp3) is 0.238. The van der Waals surface area contributed by atoms with Crippen molar-refractivity contribution in [1.82, 2.24) is 9.97 Å². The summed E-state index contributed by atoms with van der Waals surface area (Å²) >= 11 is 0. The van der Waals surface area contributed by atoms with E-state index < -0.39 is 30.3 Å². The van der Waals surface area contributed by atoms with Crippen molar-refractivity contribution in [1.29, 1.82) is 0 Å². The van der Waals surface area contributed by atoms with Crippen molar-refractivity contribution in [3.05, 3.63) is 54.7 Å². The average Bonchev–Trinajstić information content (AvgIpc) is 3.24. The Labute approximate surface area is 209 Å². The lowest BCUT2D eigenvalue weighted by Gasteiger charge is -2.06. The molecule has 2 heterocycles. The minimum atomic E-state index is -5.19. The van der Waals surface area contributed by atoms with Crippen molar-refractivity contribution in [3.8, 4) is 0 Å². The zero-order valence-corrected chi connectivity index (χ0v) is 19.4. The Balaban J connectivity index is 0.000000426. The lowest BCUT2D eigenvalue weighted by Crippen LogP contribution is -2.37. The van der Waals surface area contributed by atoms with Crippen molar-refractivity contribution < 1.29 is 60.2 Å². The van der Waals surface area contributed by atoms with Gasteiger partial charge in [-0.1, -0.05) is 18.2 Å². The number of alkyl halides is 6. The van der Waals surface area contributed by atoms with Crippen LogP contribution in [0.3, 0.4) is 0 Å². The normalized spacial score (nSPS) is 11.4. The van der Waals surface area contributed by atoms with Gasteiger partial charge in [-0.25, -0.2) is 19.1 Å². The standard InChI is InChI=1S/C17H17N5O2.2C2HF3O2/c1-3-24-17(23)15(16-19-10-11-22(16)2)21-20-13-8-4-6-12-7-5-9-18-14(12)13;2*3-2(4,5)1(6)7/h4-11H,3H2,1-2H3,(H,19,20,23);2*(H,6,7). The lowest BCUT2D eigenvalue weighted by molar-refractivity contribution is -0.671. The summed E-state index contributed by atoms with van der Waals surface area (Å²) in [4.78, 5) is 37.3. The fourth-order valence-electron chi connectivity index (χ4n) is 2.35. The van der Waals surface area contributed by atoms with E-state index in [0.29, 0.717) is 11.5 Å². The summed E-state index contributed by atoms with van der Waals surface area (Å²) in [6.45, 7) is 2.03. The number of carboxylic acid groups (broad SMARTS) is 2. The summed E-state index contributed by atoms with van der Waals surface area (Å²) in [6.07, 6.45) is -5.04. The zero-order chi connectivity index (χ0) is 29.1. The van der Waals surface area contributed by atoms with Gasteiger partial charge in [0.1, 0.15) is 18.4 Å². The van der Waals surface area contributed by atoms with E-state index in [9.17, 15) is 31.1 Å². The first kappa shape index (κ1) is 31.3. The molecule has 0 fully saturated rings. The number of anilines is 1. The van der Waals surface area contributed by atoms with Crippen molar-refractivity contribution in [2.45, 2.75) is 19.3 Å². The largest absolute Gasteiger partial charge is 0.542 e. The van der Waals surface area contributed by atoms with E-state index in [1.807, 2.05) is 37.4 Å². The number of aromatic nitrogens is 3. The monoisotopic (exact) mass is 551 g/mol. The molecule has 0 unspecified atom stereocenters. The van der Waals surface area contributed by atoms with E-state index in [-0.39, 0.29) is 12.3 Å². The molecule has 3 rings (SSSR count). The van der Waals surface area contributed by atoms with Gasteiger partial charge in [0.05, 0.1) is 24.9 Å². The second-order valence-electron chi connectivity index (χ2n) is 6.68. The third kappa shape index (κ3) is 9.75. The van der Waals surface area contributed by atoms with Crippen LogP contribution >= 0.6 is 0 Å². The molecular formula is C21H19F6N5O6. The van der Waals surface area contributed by atoms with E-state index in [2.05, 4.69) is 20.5 Å². The Morgan fingerprint density at radius 3 is 2.18 bits per heavy atom. The number of fused-ring (bicyclic) bond motifs is 1. The molecule has 2 aromatic heterocycles. The zero-order valence-electron chi connectivity index (χ0n) is 19.4. The topological polar surface area (TPSA) is 161 Å². The van der Waals surface area contributed by atoms with Crippen LogP contribution in [0.15, 0.2) is 54.0 Å². The smallest absolute Gasteiger partial charge is 0.490 e. The molecule has 1 aromatic carbocycles. The van der Waals surface area contributed by atoms with Gasteiger partial charge in [0, 0.05) is 11.6 Å². The number of hydrazone groups is 1. The van der Waals surface area contributed by atoms with Crippen LogP contribution in [0.2, 0.25) is 0 Å². The van der Waals surface area contributed by atoms with Crippen molar-refractivity contribution in [2.75, 3.05) is 12.0 Å². The molecule has 3 aromatic rings. The van der Waals surface area contributed by atoms with Gasteiger partial charge < -0.3 is 19.7 Å². The van der Waals surface area contributed by atoms with Crippen molar-refractivity contribution in [3.63, 3.8) is 0 Å². The Hall–Kier alpha value is -4.70. The van der Waals surface area contributed by atoms with Crippen LogP contribution in [0.1, 0.15) is 12.7 Å². The second kappa shape index (κ2) is 13.6. The quantitative estimate of drug-likeness (QED) is 0.142. The predicted molar refractivity (Wildman–Crippen MR) is 115 cm³/mol. The van der Waals surface area contributed by atoms with E-state index in [4.69, 9.17) is 24.5 Å². The van der Waals surface area contributed by atoms with Crippen LogP contribution in [0.5, 0.6) is 0 Å². The van der Waals surface area contributed by atoms with Gasteiger partial charge in [0.15, 0.2) is 0 Å². The van der Waals surface area contributed by atoms with Gasteiger partial charge in [-0.05, 0) is 19.1 Å². The van der Waals surface area contributed by atoms with Crippen molar-refractivity contribution >= 4 is 40.2 Å². The number of carboxylic acids is 2. The summed E-state index contributed by atoms with van der Waals surface area (Å²) in [5, 5.41) is 21.2. The molecule has 3 N–H and O–H groups in total. The Bertz CT molecular complexity index is 1260. The Morgan fingerprint density at radius 1 is 1.13 bits per heavy atom. The van der Waals surface area contributed by atoms with Crippen LogP contribution in [-0.2, 0) is 26.2 Å². The molecule has 0 bridgehead atoms. The number of halogens is 6. The van der Waals surface area contributed by atoms with Crippen LogP contribution < -0.4 is 15.1 Å². The third-order valence-electron chi connectivity index (χ3n) is 3.96. The van der Waals surface area contributed by atoms with Gasteiger partial charge in [-0.15, -0.1) is 0 Å². The van der Waals surface area contributed by atoms with Gasteiger partial charge in [-0.2, -0.15) is 31.4 Å². The summed E-state index contributed by atoms with van der Waals surface area (Å²) in [7, 11) is 1.82. The molecule has 0 aliphatic rings. The highest BCUT2D eigenvalue weighted by molar-refractivity contribution is 6.41. The minimum absolute atomic E-state index is 0.164. The molecule has 0 spiro atoms. The SMILES string of the molecule is CCOC(=O)/C(=N\Nc1cccc2cccnc12)c1[nH]cc[n+]1C.O=C(O)C(F)(F)F.O=C([O-])C(F)(F)F. The number of para-hydroxylation sites is 1. The van der Waals surface area contributed by atoms with Crippen LogP contribution in [-0.4, -0.2) is 57.7 Å². The number of aliphatic carboxylic acids is 2. The Morgan fingerprint density at radius 2 is 1.71 bits per heavy atom. The maximum atomic E-state index is 12.2. The average molecular weight is 551 g/mol. The number of aryl methyl sites for hydroxylation is 1. The molecule has 0 amide bonds. The number of carbonyl (C=O) groups is 3. The third-order valence-corrected chi connectivity index (χ3v) is 3.96. The summed E-state index contributed by atoms with van der Waals surface area (Å²) < 4.78 is 70.1. The number of nitrogens with zero attached hydrogens (tertiary/aromatic N) is 3. The molecule has 0 aliphatic carbocycles. The van der Waals surface area contributed by atoms with Gasteiger partial charge in [0.2, 0.25) is 0 Å². The molecule has 206 valence electrons. The van der Waals surface area contributed by atoms with Crippen LogP contribution in [0, 0.1) is 0 Å². The molecule has 38 heavy (non-hydrogen) atoms. The lowest BCUT2D eigenvalue weighted by atomic mass is 10.2. The number of benzene rings is 1. The number of esters is 1. The van der Waals surface area contributed by atoms with Gasteiger partial charge >= 0.3 is 30.1 Å². The maximum Gasteiger partial charge on any atom is 0.490 e. The number of carbonyl (C=O) groups excluding carboxylic acids is 2.